The molecule has 1 heterocycles. The topological polar surface area (TPSA) is 66.8 Å². The Kier molecular flexibility index (Phi) is 2.05. The van der Waals surface area contributed by atoms with Gasteiger partial charge in [0.15, 0.2) is 0 Å². The number of esters is 1. The Labute approximate surface area is 103 Å². The van der Waals surface area contributed by atoms with Gasteiger partial charge in [-0.2, -0.15) is 0 Å². The van der Waals surface area contributed by atoms with Gasteiger partial charge in [-0.25, -0.2) is 4.79 Å². The van der Waals surface area contributed by atoms with Gasteiger partial charge < -0.3 is 14.9 Å². The van der Waals surface area contributed by atoms with E-state index in [9.17, 15) is 15.0 Å². The highest BCUT2D eigenvalue weighted by molar-refractivity contribution is 6.07. The number of aryl methyl sites for hydroxylation is 2. The summed E-state index contributed by atoms with van der Waals surface area (Å²) in [6.45, 7) is 3.85. The lowest BCUT2D eigenvalue weighted by atomic mass is 9.96. The fourth-order valence-corrected chi connectivity index (χ4v) is 2.34. The van der Waals surface area contributed by atoms with Gasteiger partial charge in [-0.3, -0.25) is 0 Å². The number of aromatic hydroxyl groups is 2. The zero-order valence-electron chi connectivity index (χ0n) is 10.1. The molecule has 1 aliphatic rings. The van der Waals surface area contributed by atoms with Crippen molar-refractivity contribution in [2.45, 2.75) is 20.5 Å². The molecule has 4 heteroatoms. The third-order valence-electron chi connectivity index (χ3n) is 3.52. The molecule has 0 fully saturated rings. The maximum Gasteiger partial charge on any atom is 0.342 e. The van der Waals surface area contributed by atoms with Crippen molar-refractivity contribution in [2.75, 3.05) is 0 Å². The Hall–Kier alpha value is -2.23. The molecule has 0 aromatic heterocycles. The molecule has 18 heavy (non-hydrogen) atoms. The van der Waals surface area contributed by atoms with Crippen molar-refractivity contribution in [1.82, 2.24) is 0 Å². The number of hydrogen-bond acceptors (Lipinski definition) is 4. The molecular weight excluding hydrogens is 232 g/mol. The highest BCUT2D eigenvalue weighted by atomic mass is 16.5. The summed E-state index contributed by atoms with van der Waals surface area (Å²) in [4.78, 5) is 11.5. The number of carbonyl (C=O) groups excluding carboxylic acids is 1. The molecule has 0 atom stereocenters. The highest BCUT2D eigenvalue weighted by Crippen LogP contribution is 2.43. The van der Waals surface area contributed by atoms with Crippen LogP contribution in [0, 0.1) is 13.8 Å². The van der Waals surface area contributed by atoms with E-state index in [-0.39, 0.29) is 23.7 Å². The second-order valence-electron chi connectivity index (χ2n) is 4.61. The maximum absolute atomic E-state index is 11.5. The van der Waals surface area contributed by atoms with Crippen LogP contribution in [0.1, 0.15) is 27.0 Å². The summed E-state index contributed by atoms with van der Waals surface area (Å²) < 4.78 is 4.86. The Morgan fingerprint density at radius 1 is 1.06 bits per heavy atom. The number of hydrogen-bond donors (Lipinski definition) is 2. The van der Waals surface area contributed by atoms with E-state index in [2.05, 4.69) is 0 Å². The van der Waals surface area contributed by atoms with Gasteiger partial charge >= 0.3 is 5.97 Å². The van der Waals surface area contributed by atoms with E-state index in [0.29, 0.717) is 16.3 Å². The molecule has 2 aromatic carbocycles. The minimum Gasteiger partial charge on any atom is -0.507 e. The van der Waals surface area contributed by atoms with Crippen molar-refractivity contribution in [2.24, 2.45) is 0 Å². The highest BCUT2D eigenvalue weighted by Gasteiger charge is 2.30. The molecular formula is C14H12O4. The standard InChI is InChI=1S/C14H12O4/c1-6-3-8-9(4-7(6)2)13(16)11-10(12(8)15)5-18-14(11)17/h3-4,15-16H,5H2,1-2H3. The Balaban J connectivity index is 2.52. The Bertz CT molecular complexity index is 701. The molecule has 0 amide bonds. The normalized spacial score (nSPS) is 13.8. The van der Waals surface area contributed by atoms with E-state index in [1.54, 1.807) is 6.07 Å². The van der Waals surface area contributed by atoms with Gasteiger partial charge in [-0.1, -0.05) is 0 Å². The summed E-state index contributed by atoms with van der Waals surface area (Å²) in [6.07, 6.45) is 0. The molecule has 92 valence electrons. The average molecular weight is 244 g/mol. The lowest BCUT2D eigenvalue weighted by molar-refractivity contribution is 0.0532. The maximum atomic E-state index is 11.5. The second kappa shape index (κ2) is 3.38. The van der Waals surface area contributed by atoms with Gasteiger partial charge in [-0.15, -0.1) is 0 Å². The number of phenols is 2. The Morgan fingerprint density at radius 3 is 2.22 bits per heavy atom. The van der Waals surface area contributed by atoms with Crippen LogP contribution < -0.4 is 0 Å². The molecule has 4 nitrogen and oxygen atoms in total. The smallest absolute Gasteiger partial charge is 0.342 e. The predicted octanol–water partition coefficient (Wildman–Crippen LogP) is 2.54. The van der Waals surface area contributed by atoms with Crippen LogP contribution in [0.3, 0.4) is 0 Å². The quantitative estimate of drug-likeness (QED) is 0.552. The zero-order valence-corrected chi connectivity index (χ0v) is 10.1. The average Bonchev–Trinajstić information content (AvgIpc) is 2.71. The summed E-state index contributed by atoms with van der Waals surface area (Å²) >= 11 is 0. The van der Waals surface area contributed by atoms with E-state index in [0.717, 1.165) is 11.1 Å². The summed E-state index contributed by atoms with van der Waals surface area (Å²) in [5.74, 6) is -0.673. The van der Waals surface area contributed by atoms with E-state index >= 15 is 0 Å². The molecule has 0 radical (unpaired) electrons. The zero-order chi connectivity index (χ0) is 13.0. The van der Waals surface area contributed by atoms with E-state index in [1.165, 1.54) is 0 Å². The minimum atomic E-state index is -0.585. The first kappa shape index (κ1) is 10.9. The van der Waals surface area contributed by atoms with Crippen molar-refractivity contribution in [1.29, 1.82) is 0 Å². The summed E-state index contributed by atoms with van der Waals surface area (Å²) in [7, 11) is 0. The number of ether oxygens (including phenoxy) is 1. The van der Waals surface area contributed by atoms with E-state index in [4.69, 9.17) is 4.74 Å². The first-order valence-corrected chi connectivity index (χ1v) is 5.65. The molecule has 0 aliphatic carbocycles. The fraction of sp³-hybridized carbons (Fsp3) is 0.214. The number of benzene rings is 2. The number of phenolic OH excluding ortho intramolecular Hbond substituents is 2. The lowest BCUT2D eigenvalue weighted by Crippen LogP contribution is -1.96. The van der Waals surface area contributed by atoms with Gasteiger partial charge in [-0.05, 0) is 37.1 Å². The number of cyclic esters (lactones) is 1. The molecule has 0 saturated heterocycles. The van der Waals surface area contributed by atoms with Crippen LogP contribution in [0.4, 0.5) is 0 Å². The first-order chi connectivity index (χ1) is 8.50. The number of fused-ring (bicyclic) bond motifs is 2. The van der Waals surface area contributed by atoms with E-state index < -0.39 is 5.97 Å². The van der Waals surface area contributed by atoms with Gasteiger partial charge in [0.2, 0.25) is 0 Å². The van der Waals surface area contributed by atoms with Crippen LogP contribution in [0.25, 0.3) is 10.8 Å². The number of carbonyl (C=O) groups is 1. The molecule has 1 aliphatic heterocycles. The van der Waals surface area contributed by atoms with Gasteiger partial charge in [0.05, 0.1) is 5.56 Å². The predicted molar refractivity (Wildman–Crippen MR) is 65.9 cm³/mol. The van der Waals surface area contributed by atoms with Crippen molar-refractivity contribution < 1.29 is 19.7 Å². The van der Waals surface area contributed by atoms with Crippen LogP contribution in [0.2, 0.25) is 0 Å². The van der Waals surface area contributed by atoms with Crippen LogP contribution >= 0.6 is 0 Å². The van der Waals surface area contributed by atoms with Crippen molar-refractivity contribution >= 4 is 16.7 Å². The first-order valence-electron chi connectivity index (χ1n) is 5.65. The molecule has 3 rings (SSSR count). The van der Waals surface area contributed by atoms with E-state index in [1.807, 2.05) is 19.9 Å². The lowest BCUT2D eigenvalue weighted by Gasteiger charge is -2.10. The summed E-state index contributed by atoms with van der Waals surface area (Å²) in [5.41, 5.74) is 2.46. The number of rotatable bonds is 0. The monoisotopic (exact) mass is 244 g/mol. The SMILES string of the molecule is Cc1cc2c(O)c3c(c(O)c2cc1C)C(=O)OC3. The van der Waals surface area contributed by atoms with Crippen LogP contribution in [0.5, 0.6) is 11.5 Å². The third-order valence-corrected chi connectivity index (χ3v) is 3.52. The van der Waals surface area contributed by atoms with Crippen LogP contribution in [-0.4, -0.2) is 16.2 Å². The Morgan fingerprint density at radius 2 is 1.61 bits per heavy atom. The fourth-order valence-electron chi connectivity index (χ4n) is 2.34. The van der Waals surface area contributed by atoms with Gasteiger partial charge in [0.25, 0.3) is 0 Å². The molecule has 0 spiro atoms. The summed E-state index contributed by atoms with van der Waals surface area (Å²) in [6, 6.07) is 3.58. The van der Waals surface area contributed by atoms with Crippen molar-refractivity contribution in [3.05, 3.63) is 34.4 Å². The van der Waals surface area contributed by atoms with Crippen LogP contribution in [-0.2, 0) is 11.3 Å². The molecule has 2 aromatic rings. The molecule has 0 unspecified atom stereocenters. The van der Waals surface area contributed by atoms with Gasteiger partial charge in [0.1, 0.15) is 23.7 Å². The summed E-state index contributed by atoms with van der Waals surface area (Å²) in [5, 5.41) is 21.4. The molecule has 2 N–H and O–H groups in total. The minimum absolute atomic E-state index is 0.0103. The van der Waals surface area contributed by atoms with Gasteiger partial charge in [0, 0.05) is 10.8 Å². The van der Waals surface area contributed by atoms with Crippen molar-refractivity contribution in [3.63, 3.8) is 0 Å². The van der Waals surface area contributed by atoms with Crippen LogP contribution in [0.15, 0.2) is 12.1 Å². The molecule has 0 saturated carbocycles. The third kappa shape index (κ3) is 1.23. The second-order valence-corrected chi connectivity index (χ2v) is 4.61. The molecule has 0 bridgehead atoms. The van der Waals surface area contributed by atoms with Crippen molar-refractivity contribution in [3.8, 4) is 11.5 Å². The largest absolute Gasteiger partial charge is 0.507 e.